The predicted octanol–water partition coefficient (Wildman–Crippen LogP) is 6.77. The summed E-state index contributed by atoms with van der Waals surface area (Å²) in [6, 6.07) is 14.8. The monoisotopic (exact) mass is 545 g/mol. The van der Waals surface area contributed by atoms with Gasteiger partial charge in [-0.05, 0) is 25.1 Å². The number of halogens is 2. The van der Waals surface area contributed by atoms with E-state index in [0.29, 0.717) is 38.5 Å². The van der Waals surface area contributed by atoms with Crippen LogP contribution in [0.15, 0.2) is 71.7 Å². The fourth-order valence-electron chi connectivity index (χ4n) is 3.18. The van der Waals surface area contributed by atoms with Gasteiger partial charge < -0.3 is 10.1 Å². The summed E-state index contributed by atoms with van der Waals surface area (Å²) < 4.78 is 7.84. The molecule has 0 saturated carbocycles. The minimum atomic E-state index is -0.448. The van der Waals surface area contributed by atoms with Crippen molar-refractivity contribution in [2.45, 2.75) is 24.7 Å². The zero-order chi connectivity index (χ0) is 24.8. The molecule has 0 radical (unpaired) electrons. The van der Waals surface area contributed by atoms with Crippen LogP contribution in [0, 0.1) is 0 Å². The van der Waals surface area contributed by atoms with Gasteiger partial charge in [0.05, 0.1) is 16.5 Å². The molecule has 4 rings (SSSR count). The van der Waals surface area contributed by atoms with Gasteiger partial charge in [-0.2, -0.15) is 0 Å². The molecule has 0 spiro atoms. The Labute approximate surface area is 221 Å². The van der Waals surface area contributed by atoms with Crippen molar-refractivity contribution in [3.05, 3.63) is 82.4 Å². The van der Waals surface area contributed by atoms with Crippen LogP contribution in [0.25, 0.3) is 11.3 Å². The average molecular weight is 547 g/mol. The van der Waals surface area contributed by atoms with Crippen molar-refractivity contribution in [2.75, 3.05) is 11.1 Å². The summed E-state index contributed by atoms with van der Waals surface area (Å²) in [4.78, 5) is 17.1. The van der Waals surface area contributed by atoms with Crippen LogP contribution in [-0.4, -0.2) is 31.4 Å². The SMILES string of the molecule is C=CCn1c(SCC(=O)Nc2nc(-c3ccccc3)cs2)nnc1C(C)Oc1ccc(Cl)cc1Cl. The van der Waals surface area contributed by atoms with Gasteiger partial charge in [-0.3, -0.25) is 9.36 Å². The summed E-state index contributed by atoms with van der Waals surface area (Å²) >= 11 is 14.9. The first kappa shape index (κ1) is 25.2. The van der Waals surface area contributed by atoms with Crippen LogP contribution in [0.2, 0.25) is 10.0 Å². The van der Waals surface area contributed by atoms with Crippen molar-refractivity contribution in [1.29, 1.82) is 0 Å². The standard InChI is InChI=1S/C24H21Cl2N5O2S2/c1-3-11-31-22(15(2)33-20-10-9-17(25)12-18(20)26)29-30-24(31)35-14-21(32)28-23-27-19(13-34-23)16-7-5-4-6-8-16/h3-10,12-13,15H,1,11,14H2,2H3,(H,27,28,32). The van der Waals surface area contributed by atoms with E-state index in [2.05, 4.69) is 27.1 Å². The van der Waals surface area contributed by atoms with E-state index in [1.807, 2.05) is 47.2 Å². The minimum absolute atomic E-state index is 0.147. The van der Waals surface area contributed by atoms with E-state index in [0.717, 1.165) is 11.3 Å². The number of rotatable bonds is 10. The van der Waals surface area contributed by atoms with E-state index >= 15 is 0 Å². The molecule has 1 N–H and O–H groups in total. The lowest BCUT2D eigenvalue weighted by Gasteiger charge is -2.16. The predicted molar refractivity (Wildman–Crippen MR) is 143 cm³/mol. The van der Waals surface area contributed by atoms with E-state index in [1.165, 1.54) is 23.1 Å². The van der Waals surface area contributed by atoms with Gasteiger partial charge in [0.15, 0.2) is 22.2 Å². The summed E-state index contributed by atoms with van der Waals surface area (Å²) in [5, 5.41) is 15.4. The number of anilines is 1. The lowest BCUT2D eigenvalue weighted by atomic mass is 10.2. The Morgan fingerprint density at radius 2 is 2.06 bits per heavy atom. The fraction of sp³-hybridized carbons (Fsp3) is 0.167. The second-order valence-corrected chi connectivity index (χ2v) is 9.96. The number of nitrogens with one attached hydrogen (secondary N) is 1. The van der Waals surface area contributed by atoms with Crippen LogP contribution in [0.4, 0.5) is 5.13 Å². The maximum atomic E-state index is 12.6. The number of thioether (sulfide) groups is 1. The number of nitrogens with zero attached hydrogens (tertiary/aromatic N) is 4. The number of hydrogen-bond acceptors (Lipinski definition) is 7. The first-order valence-electron chi connectivity index (χ1n) is 10.5. The molecule has 0 fully saturated rings. The Bertz CT molecular complexity index is 1330. The third kappa shape index (κ3) is 6.43. The van der Waals surface area contributed by atoms with E-state index in [4.69, 9.17) is 27.9 Å². The molecule has 0 aliphatic heterocycles. The zero-order valence-electron chi connectivity index (χ0n) is 18.6. The molecule has 1 atom stereocenters. The molecule has 35 heavy (non-hydrogen) atoms. The van der Waals surface area contributed by atoms with Crippen LogP contribution in [0.3, 0.4) is 0 Å². The molecular weight excluding hydrogens is 525 g/mol. The number of amides is 1. The van der Waals surface area contributed by atoms with E-state index < -0.39 is 6.10 Å². The highest BCUT2D eigenvalue weighted by Gasteiger charge is 2.21. The van der Waals surface area contributed by atoms with Crippen molar-refractivity contribution in [3.8, 4) is 17.0 Å². The highest BCUT2D eigenvalue weighted by atomic mass is 35.5. The molecule has 7 nitrogen and oxygen atoms in total. The Balaban J connectivity index is 1.40. The first-order valence-corrected chi connectivity index (χ1v) is 13.2. The van der Waals surface area contributed by atoms with Gasteiger partial charge in [0.2, 0.25) is 5.91 Å². The van der Waals surface area contributed by atoms with E-state index in [1.54, 1.807) is 24.3 Å². The lowest BCUT2D eigenvalue weighted by molar-refractivity contribution is -0.113. The third-order valence-electron chi connectivity index (χ3n) is 4.77. The number of thiazole rings is 1. The first-order chi connectivity index (χ1) is 16.9. The number of carbonyl (C=O) groups is 1. The van der Waals surface area contributed by atoms with Crippen LogP contribution in [0.1, 0.15) is 18.9 Å². The summed E-state index contributed by atoms with van der Waals surface area (Å²) in [6.07, 6.45) is 1.29. The second-order valence-electron chi connectivity index (χ2n) is 7.32. The summed E-state index contributed by atoms with van der Waals surface area (Å²) in [5.74, 6) is 1.04. The summed E-state index contributed by atoms with van der Waals surface area (Å²) in [5.41, 5.74) is 1.82. The molecule has 1 amide bonds. The maximum absolute atomic E-state index is 12.6. The lowest BCUT2D eigenvalue weighted by Crippen LogP contribution is -2.15. The Hall–Kier alpha value is -2.85. The van der Waals surface area contributed by atoms with Crippen molar-refractivity contribution in [3.63, 3.8) is 0 Å². The maximum Gasteiger partial charge on any atom is 0.236 e. The van der Waals surface area contributed by atoms with Gasteiger partial charge in [-0.1, -0.05) is 71.4 Å². The topological polar surface area (TPSA) is 81.9 Å². The number of carbonyl (C=O) groups excluding carboxylic acids is 1. The molecule has 2 aromatic heterocycles. The Morgan fingerprint density at radius 3 is 2.80 bits per heavy atom. The Kier molecular flexibility index (Phi) is 8.46. The normalized spacial score (nSPS) is 11.7. The van der Waals surface area contributed by atoms with Crippen LogP contribution >= 0.6 is 46.3 Å². The van der Waals surface area contributed by atoms with Crippen LogP contribution in [0.5, 0.6) is 5.75 Å². The number of benzene rings is 2. The van der Waals surface area contributed by atoms with Gasteiger partial charge in [-0.25, -0.2) is 4.98 Å². The van der Waals surface area contributed by atoms with Gasteiger partial charge in [0.1, 0.15) is 5.75 Å². The van der Waals surface area contributed by atoms with Gasteiger partial charge in [-0.15, -0.1) is 28.1 Å². The largest absolute Gasteiger partial charge is 0.481 e. The van der Waals surface area contributed by atoms with Gasteiger partial charge in [0.25, 0.3) is 0 Å². The molecule has 11 heteroatoms. The van der Waals surface area contributed by atoms with E-state index in [-0.39, 0.29) is 11.7 Å². The highest BCUT2D eigenvalue weighted by Crippen LogP contribution is 2.32. The van der Waals surface area contributed by atoms with Gasteiger partial charge in [0, 0.05) is 22.5 Å². The zero-order valence-corrected chi connectivity index (χ0v) is 21.8. The second kappa shape index (κ2) is 11.7. The number of aromatic nitrogens is 4. The minimum Gasteiger partial charge on any atom is -0.481 e. The number of hydrogen-bond donors (Lipinski definition) is 1. The van der Waals surface area contributed by atoms with Crippen molar-refractivity contribution in [1.82, 2.24) is 19.7 Å². The average Bonchev–Trinajstić information content (AvgIpc) is 3.47. The molecular formula is C24H21Cl2N5O2S2. The molecule has 0 bridgehead atoms. The van der Waals surface area contributed by atoms with Crippen molar-refractivity contribution >= 4 is 57.3 Å². The number of ether oxygens (including phenoxy) is 1. The van der Waals surface area contributed by atoms with Gasteiger partial charge >= 0.3 is 0 Å². The molecule has 1 unspecified atom stereocenters. The molecule has 0 aliphatic rings. The molecule has 4 aromatic rings. The summed E-state index contributed by atoms with van der Waals surface area (Å²) in [6.45, 7) is 6.12. The molecule has 2 heterocycles. The van der Waals surface area contributed by atoms with E-state index in [9.17, 15) is 4.79 Å². The molecule has 0 saturated heterocycles. The third-order valence-corrected chi connectivity index (χ3v) is 7.03. The van der Waals surface area contributed by atoms with Crippen molar-refractivity contribution in [2.24, 2.45) is 0 Å². The summed E-state index contributed by atoms with van der Waals surface area (Å²) in [7, 11) is 0. The Morgan fingerprint density at radius 1 is 1.26 bits per heavy atom. The highest BCUT2D eigenvalue weighted by molar-refractivity contribution is 7.99. The van der Waals surface area contributed by atoms with Crippen molar-refractivity contribution < 1.29 is 9.53 Å². The molecule has 180 valence electrons. The molecule has 0 aliphatic carbocycles. The van der Waals surface area contributed by atoms with Crippen LogP contribution in [-0.2, 0) is 11.3 Å². The molecule has 2 aromatic carbocycles. The quantitative estimate of drug-likeness (QED) is 0.175. The smallest absolute Gasteiger partial charge is 0.236 e. The van der Waals surface area contributed by atoms with Crippen LogP contribution < -0.4 is 10.1 Å². The number of allylic oxidation sites excluding steroid dienone is 1. The fourth-order valence-corrected chi connectivity index (χ4v) is 5.12.